The first-order valence-corrected chi connectivity index (χ1v) is 9.60. The first kappa shape index (κ1) is 18.6. The highest BCUT2D eigenvalue weighted by Gasteiger charge is 2.41. The van der Waals surface area contributed by atoms with E-state index < -0.39 is 0 Å². The Balaban J connectivity index is 1.56. The lowest BCUT2D eigenvalue weighted by molar-refractivity contribution is -0.140. The summed E-state index contributed by atoms with van der Waals surface area (Å²) in [4.78, 5) is 45.9. The quantitative estimate of drug-likeness (QED) is 0.749. The van der Waals surface area contributed by atoms with Gasteiger partial charge in [0.2, 0.25) is 11.8 Å². The summed E-state index contributed by atoms with van der Waals surface area (Å²) in [5, 5.41) is 0. The van der Waals surface area contributed by atoms with Crippen molar-refractivity contribution in [2.24, 2.45) is 5.92 Å². The van der Waals surface area contributed by atoms with Crippen molar-refractivity contribution in [3.8, 4) is 0 Å². The van der Waals surface area contributed by atoms with Crippen LogP contribution in [0.15, 0.2) is 35.3 Å². The molecule has 28 heavy (non-hydrogen) atoms. The fourth-order valence-electron chi connectivity index (χ4n) is 4.24. The highest BCUT2D eigenvalue weighted by molar-refractivity contribution is 5.84. The van der Waals surface area contributed by atoms with E-state index in [1.54, 1.807) is 18.1 Å². The van der Waals surface area contributed by atoms with E-state index in [4.69, 9.17) is 4.74 Å². The standard InChI is InChI=1S/C20H24N4O4/c1-28-9-8-23-15-7-6-14(20(23)27)11-22(12-15)19(26)13-24-17-5-3-2-4-16(17)21-10-18(24)25/h2-5,10,14-15H,6-9,11-13H2,1H3/t14-,15+/m1/s1. The second-order valence-electron chi connectivity index (χ2n) is 7.42. The van der Waals surface area contributed by atoms with Gasteiger partial charge in [-0.2, -0.15) is 0 Å². The zero-order valence-corrected chi connectivity index (χ0v) is 15.9. The van der Waals surface area contributed by atoms with Crippen LogP contribution in [-0.4, -0.2) is 70.6 Å². The van der Waals surface area contributed by atoms with Gasteiger partial charge in [-0.05, 0) is 25.0 Å². The molecule has 8 nitrogen and oxygen atoms in total. The summed E-state index contributed by atoms with van der Waals surface area (Å²) < 4.78 is 6.59. The van der Waals surface area contributed by atoms with Crippen LogP contribution in [0.5, 0.6) is 0 Å². The average molecular weight is 384 g/mol. The summed E-state index contributed by atoms with van der Waals surface area (Å²) >= 11 is 0. The molecule has 2 aromatic rings. The zero-order chi connectivity index (χ0) is 19.7. The SMILES string of the molecule is COCCN1C(=O)[C@@H]2CC[C@H]1CN(C(=O)Cn1c(=O)cnc3ccccc31)C2. The van der Waals surface area contributed by atoms with Crippen molar-refractivity contribution in [3.63, 3.8) is 0 Å². The van der Waals surface area contributed by atoms with E-state index >= 15 is 0 Å². The molecule has 3 aliphatic heterocycles. The molecule has 0 saturated carbocycles. The van der Waals surface area contributed by atoms with Crippen LogP contribution in [0.25, 0.3) is 11.0 Å². The third-order valence-electron chi connectivity index (χ3n) is 5.73. The van der Waals surface area contributed by atoms with Gasteiger partial charge in [-0.15, -0.1) is 0 Å². The molecule has 2 atom stereocenters. The van der Waals surface area contributed by atoms with Crippen molar-refractivity contribution in [3.05, 3.63) is 40.8 Å². The van der Waals surface area contributed by atoms with E-state index in [0.29, 0.717) is 37.3 Å². The Bertz CT molecular complexity index is 957. The normalized spacial score (nSPS) is 22.0. The number of ether oxygens (including phenoxy) is 1. The van der Waals surface area contributed by atoms with Gasteiger partial charge in [0, 0.05) is 32.8 Å². The molecule has 0 aliphatic carbocycles. The Labute approximate surface area is 162 Å². The fraction of sp³-hybridized carbons (Fsp3) is 0.500. The molecule has 2 bridgehead atoms. The van der Waals surface area contributed by atoms with Gasteiger partial charge in [0.05, 0.1) is 29.8 Å². The van der Waals surface area contributed by atoms with Crippen molar-refractivity contribution in [1.82, 2.24) is 19.4 Å². The number of piperidine rings is 1. The van der Waals surface area contributed by atoms with E-state index in [9.17, 15) is 14.4 Å². The van der Waals surface area contributed by atoms with Crippen LogP contribution < -0.4 is 5.56 Å². The number of nitrogens with zero attached hydrogens (tertiary/aromatic N) is 4. The minimum Gasteiger partial charge on any atom is -0.383 e. The van der Waals surface area contributed by atoms with Gasteiger partial charge in [-0.1, -0.05) is 12.1 Å². The number of methoxy groups -OCH3 is 1. The number of carbonyl (C=O) groups is 2. The summed E-state index contributed by atoms with van der Waals surface area (Å²) in [5.74, 6) is -0.211. The number of rotatable bonds is 5. The summed E-state index contributed by atoms with van der Waals surface area (Å²) in [6.07, 6.45) is 2.94. The Kier molecular flexibility index (Phi) is 5.13. The molecule has 8 heteroatoms. The molecule has 3 fully saturated rings. The largest absolute Gasteiger partial charge is 0.383 e. The Morgan fingerprint density at radius 3 is 2.86 bits per heavy atom. The lowest BCUT2D eigenvalue weighted by Gasteiger charge is -2.35. The molecule has 0 spiro atoms. The topological polar surface area (TPSA) is 84.7 Å². The molecule has 0 N–H and O–H groups in total. The lowest BCUT2D eigenvalue weighted by atomic mass is 9.94. The number of para-hydroxylation sites is 2. The molecule has 3 saturated heterocycles. The van der Waals surface area contributed by atoms with Crippen molar-refractivity contribution < 1.29 is 14.3 Å². The van der Waals surface area contributed by atoms with Gasteiger partial charge in [0.15, 0.2) is 0 Å². The molecule has 4 heterocycles. The summed E-state index contributed by atoms with van der Waals surface area (Å²) in [5.41, 5.74) is 1.01. The van der Waals surface area contributed by atoms with E-state index in [0.717, 1.165) is 12.8 Å². The summed E-state index contributed by atoms with van der Waals surface area (Å²) in [6, 6.07) is 7.28. The monoisotopic (exact) mass is 384 g/mol. The Hall–Kier alpha value is -2.74. The van der Waals surface area contributed by atoms with E-state index in [1.807, 2.05) is 23.1 Å². The highest BCUT2D eigenvalue weighted by Crippen LogP contribution is 2.29. The number of benzene rings is 1. The number of aromatic nitrogens is 2. The third-order valence-corrected chi connectivity index (χ3v) is 5.73. The van der Waals surface area contributed by atoms with Crippen LogP contribution in [0, 0.1) is 5.92 Å². The number of amides is 2. The van der Waals surface area contributed by atoms with Gasteiger partial charge >= 0.3 is 0 Å². The van der Waals surface area contributed by atoms with Gasteiger partial charge < -0.3 is 14.5 Å². The van der Waals surface area contributed by atoms with Crippen LogP contribution in [-0.2, 0) is 20.9 Å². The summed E-state index contributed by atoms with van der Waals surface area (Å²) in [6.45, 7) is 1.90. The van der Waals surface area contributed by atoms with Crippen molar-refractivity contribution >= 4 is 22.8 Å². The first-order chi connectivity index (χ1) is 13.6. The Morgan fingerprint density at radius 1 is 1.21 bits per heavy atom. The number of hydrogen-bond acceptors (Lipinski definition) is 5. The second-order valence-corrected chi connectivity index (χ2v) is 7.42. The molecule has 3 aliphatic rings. The van der Waals surface area contributed by atoms with Crippen molar-refractivity contribution in [2.75, 3.05) is 33.4 Å². The molecule has 1 aromatic carbocycles. The van der Waals surface area contributed by atoms with Crippen LogP contribution >= 0.6 is 0 Å². The van der Waals surface area contributed by atoms with Gasteiger partial charge in [-0.25, -0.2) is 4.98 Å². The molecule has 0 unspecified atom stereocenters. The van der Waals surface area contributed by atoms with Crippen molar-refractivity contribution in [2.45, 2.75) is 25.4 Å². The molecule has 1 aromatic heterocycles. The molecule has 148 valence electrons. The average Bonchev–Trinajstić information content (AvgIpc) is 3.00. The predicted octanol–water partition coefficient (Wildman–Crippen LogP) is 0.492. The molecular weight excluding hydrogens is 360 g/mol. The minimum absolute atomic E-state index is 0.0104. The maximum atomic E-state index is 13.1. The van der Waals surface area contributed by atoms with E-state index in [2.05, 4.69) is 4.98 Å². The minimum atomic E-state index is -0.303. The number of fused-ring (bicyclic) bond motifs is 5. The number of hydrogen-bond donors (Lipinski definition) is 0. The van der Waals surface area contributed by atoms with Crippen LogP contribution in [0.2, 0.25) is 0 Å². The maximum absolute atomic E-state index is 13.1. The van der Waals surface area contributed by atoms with Crippen LogP contribution in [0.1, 0.15) is 12.8 Å². The molecule has 0 radical (unpaired) electrons. The number of carbonyl (C=O) groups excluding carboxylic acids is 2. The fourth-order valence-corrected chi connectivity index (χ4v) is 4.24. The Morgan fingerprint density at radius 2 is 2.04 bits per heavy atom. The summed E-state index contributed by atoms with van der Waals surface area (Å²) in [7, 11) is 1.62. The van der Waals surface area contributed by atoms with Crippen LogP contribution in [0.3, 0.4) is 0 Å². The third kappa shape index (κ3) is 3.40. The second kappa shape index (κ2) is 7.71. The van der Waals surface area contributed by atoms with Crippen LogP contribution in [0.4, 0.5) is 0 Å². The van der Waals surface area contributed by atoms with Gasteiger partial charge in [-0.3, -0.25) is 19.0 Å². The van der Waals surface area contributed by atoms with E-state index in [-0.39, 0.29) is 35.9 Å². The highest BCUT2D eigenvalue weighted by atomic mass is 16.5. The molecule has 5 rings (SSSR count). The lowest BCUT2D eigenvalue weighted by Crippen LogP contribution is -2.49. The predicted molar refractivity (Wildman–Crippen MR) is 103 cm³/mol. The maximum Gasteiger partial charge on any atom is 0.269 e. The van der Waals surface area contributed by atoms with E-state index in [1.165, 1.54) is 10.8 Å². The zero-order valence-electron chi connectivity index (χ0n) is 15.9. The van der Waals surface area contributed by atoms with Crippen molar-refractivity contribution in [1.29, 1.82) is 0 Å². The first-order valence-electron chi connectivity index (χ1n) is 9.60. The van der Waals surface area contributed by atoms with Gasteiger partial charge in [0.25, 0.3) is 5.56 Å². The smallest absolute Gasteiger partial charge is 0.269 e. The molecule has 2 amide bonds. The molecular formula is C20H24N4O4. The van der Waals surface area contributed by atoms with Gasteiger partial charge in [0.1, 0.15) is 6.54 Å².